The van der Waals surface area contributed by atoms with Gasteiger partial charge in [0.05, 0.1) is 6.61 Å². The lowest BCUT2D eigenvalue weighted by Gasteiger charge is -2.31. The number of nitrogens with one attached hydrogen (secondary N) is 1. The van der Waals surface area contributed by atoms with Gasteiger partial charge in [-0.3, -0.25) is 4.79 Å². The average molecular weight is 396 g/mol. The number of hydrogen-bond donors (Lipinski definition) is 1. The van der Waals surface area contributed by atoms with Crippen LogP contribution in [0.2, 0.25) is 0 Å². The van der Waals surface area contributed by atoms with Gasteiger partial charge in [0.1, 0.15) is 5.75 Å². The Morgan fingerprint density at radius 1 is 1.14 bits per heavy atom. The topological polar surface area (TPSA) is 60.0 Å². The Kier molecular flexibility index (Phi) is 6.20. The molecule has 6 nitrogen and oxygen atoms in total. The maximum absolute atomic E-state index is 12.6. The van der Waals surface area contributed by atoms with Gasteiger partial charge >= 0.3 is 0 Å². The van der Waals surface area contributed by atoms with E-state index in [-0.39, 0.29) is 18.6 Å². The minimum Gasteiger partial charge on any atom is -0.494 e. The number of nitrogens with zero attached hydrogens (tertiary/aromatic N) is 1. The number of hydrogen-bond acceptors (Lipinski definition) is 5. The van der Waals surface area contributed by atoms with Gasteiger partial charge in [-0.15, -0.1) is 0 Å². The largest absolute Gasteiger partial charge is 0.494 e. The SMILES string of the molecule is Cc1cccc(OCCCN2CCC(C(=O)Nc3ccc4c(c3)OCO4)CC2)c1. The molecular weight excluding hydrogens is 368 g/mol. The smallest absolute Gasteiger partial charge is 0.231 e. The van der Waals surface area contributed by atoms with Crippen LogP contribution in [0.5, 0.6) is 17.2 Å². The molecule has 0 aliphatic carbocycles. The van der Waals surface area contributed by atoms with Crippen LogP contribution in [-0.4, -0.2) is 43.8 Å². The van der Waals surface area contributed by atoms with Crippen LogP contribution in [0.1, 0.15) is 24.8 Å². The van der Waals surface area contributed by atoms with Crippen LogP contribution in [0.4, 0.5) is 5.69 Å². The Bertz CT molecular complexity index is 847. The third-order valence-corrected chi connectivity index (χ3v) is 5.48. The fourth-order valence-electron chi connectivity index (χ4n) is 3.82. The highest BCUT2D eigenvalue weighted by Gasteiger charge is 2.25. The summed E-state index contributed by atoms with van der Waals surface area (Å²) in [6.07, 6.45) is 2.76. The van der Waals surface area contributed by atoms with E-state index in [2.05, 4.69) is 29.3 Å². The molecule has 0 atom stereocenters. The van der Waals surface area contributed by atoms with Gasteiger partial charge in [0.25, 0.3) is 0 Å². The molecule has 1 N–H and O–H groups in total. The van der Waals surface area contributed by atoms with Crippen molar-refractivity contribution in [2.45, 2.75) is 26.2 Å². The molecule has 6 heteroatoms. The Morgan fingerprint density at radius 2 is 1.97 bits per heavy atom. The molecule has 0 aromatic heterocycles. The second kappa shape index (κ2) is 9.18. The summed E-state index contributed by atoms with van der Waals surface area (Å²) in [7, 11) is 0. The second-order valence-corrected chi connectivity index (χ2v) is 7.69. The fourth-order valence-corrected chi connectivity index (χ4v) is 3.82. The van der Waals surface area contributed by atoms with Gasteiger partial charge in [-0.1, -0.05) is 12.1 Å². The Morgan fingerprint density at radius 3 is 2.79 bits per heavy atom. The van der Waals surface area contributed by atoms with Crippen molar-refractivity contribution in [2.24, 2.45) is 5.92 Å². The van der Waals surface area contributed by atoms with Gasteiger partial charge in [-0.25, -0.2) is 0 Å². The van der Waals surface area contributed by atoms with Gasteiger partial charge in [0.2, 0.25) is 12.7 Å². The van der Waals surface area contributed by atoms with Crippen molar-refractivity contribution >= 4 is 11.6 Å². The first-order valence-corrected chi connectivity index (χ1v) is 10.3. The van der Waals surface area contributed by atoms with Crippen LogP contribution in [0.3, 0.4) is 0 Å². The molecule has 0 bridgehead atoms. The summed E-state index contributed by atoms with van der Waals surface area (Å²) in [6.45, 7) is 5.92. The summed E-state index contributed by atoms with van der Waals surface area (Å²) in [6, 6.07) is 13.7. The van der Waals surface area contributed by atoms with Crippen molar-refractivity contribution in [3.8, 4) is 17.2 Å². The molecule has 154 valence electrons. The molecule has 1 amide bonds. The number of carbonyl (C=O) groups is 1. The molecule has 2 aliphatic heterocycles. The van der Waals surface area contributed by atoms with Gasteiger partial charge in [-0.05, 0) is 69.1 Å². The highest BCUT2D eigenvalue weighted by Crippen LogP contribution is 2.34. The molecule has 2 aromatic carbocycles. The number of fused-ring (bicyclic) bond motifs is 1. The molecule has 0 unspecified atom stereocenters. The molecule has 4 rings (SSSR count). The Balaban J connectivity index is 1.16. The first-order chi connectivity index (χ1) is 14.2. The van der Waals surface area contributed by atoms with Crippen molar-refractivity contribution in [1.82, 2.24) is 4.90 Å². The van der Waals surface area contributed by atoms with E-state index in [1.54, 1.807) is 0 Å². The summed E-state index contributed by atoms with van der Waals surface area (Å²) in [5.41, 5.74) is 1.97. The quantitative estimate of drug-likeness (QED) is 0.721. The van der Waals surface area contributed by atoms with Crippen LogP contribution in [0.25, 0.3) is 0 Å². The van der Waals surface area contributed by atoms with Crippen molar-refractivity contribution in [1.29, 1.82) is 0 Å². The summed E-state index contributed by atoms with van der Waals surface area (Å²) in [5, 5.41) is 3.02. The van der Waals surface area contributed by atoms with Crippen LogP contribution in [0.15, 0.2) is 42.5 Å². The Hall–Kier alpha value is -2.73. The maximum atomic E-state index is 12.6. The first kappa shape index (κ1) is 19.6. The number of likely N-dealkylation sites (tertiary alicyclic amines) is 1. The molecule has 2 aromatic rings. The number of aryl methyl sites for hydroxylation is 1. The van der Waals surface area contributed by atoms with Crippen molar-refractivity contribution < 1.29 is 19.0 Å². The lowest BCUT2D eigenvalue weighted by atomic mass is 9.95. The number of amides is 1. The second-order valence-electron chi connectivity index (χ2n) is 7.69. The van der Waals surface area contributed by atoms with Gasteiger partial charge < -0.3 is 24.4 Å². The minimum atomic E-state index is 0.0558. The van der Waals surface area contributed by atoms with Crippen LogP contribution in [-0.2, 0) is 4.79 Å². The van der Waals surface area contributed by atoms with E-state index in [1.165, 1.54) is 5.56 Å². The molecule has 29 heavy (non-hydrogen) atoms. The van der Waals surface area contributed by atoms with Gasteiger partial charge in [0, 0.05) is 24.2 Å². The fraction of sp³-hybridized carbons (Fsp3) is 0.435. The van der Waals surface area contributed by atoms with E-state index < -0.39 is 0 Å². The number of benzene rings is 2. The summed E-state index contributed by atoms with van der Waals surface area (Å²) in [4.78, 5) is 15.0. The average Bonchev–Trinajstić information content (AvgIpc) is 3.19. The van der Waals surface area contributed by atoms with Crippen molar-refractivity contribution in [2.75, 3.05) is 38.4 Å². The Labute approximate surface area is 171 Å². The van der Waals surface area contributed by atoms with Crippen molar-refractivity contribution in [3.05, 3.63) is 48.0 Å². The summed E-state index contributed by atoms with van der Waals surface area (Å²) in [5.74, 6) is 2.49. The molecule has 0 spiro atoms. The van der Waals surface area contributed by atoms with Crippen LogP contribution in [0, 0.1) is 12.8 Å². The molecular formula is C23H28N2O4. The predicted octanol–water partition coefficient (Wildman–Crippen LogP) is 3.84. The number of anilines is 1. The number of piperidine rings is 1. The highest BCUT2D eigenvalue weighted by molar-refractivity contribution is 5.93. The number of carbonyl (C=O) groups excluding carboxylic acids is 1. The zero-order chi connectivity index (χ0) is 20.1. The predicted molar refractivity (Wildman–Crippen MR) is 112 cm³/mol. The zero-order valence-electron chi connectivity index (χ0n) is 16.9. The molecule has 0 radical (unpaired) electrons. The maximum Gasteiger partial charge on any atom is 0.231 e. The first-order valence-electron chi connectivity index (χ1n) is 10.3. The van der Waals surface area contributed by atoms with E-state index >= 15 is 0 Å². The monoisotopic (exact) mass is 396 g/mol. The molecule has 1 saturated heterocycles. The van der Waals surface area contributed by atoms with E-state index in [0.29, 0.717) is 12.4 Å². The third-order valence-electron chi connectivity index (χ3n) is 5.48. The number of ether oxygens (including phenoxy) is 3. The highest BCUT2D eigenvalue weighted by atomic mass is 16.7. The lowest BCUT2D eigenvalue weighted by molar-refractivity contribution is -0.121. The standard InChI is InChI=1S/C23H28N2O4/c1-17-4-2-5-20(14-17)27-13-3-10-25-11-8-18(9-12-25)23(26)24-19-6-7-21-22(15-19)29-16-28-21/h2,4-7,14-15,18H,3,8-13,16H2,1H3,(H,24,26). The van der Waals surface area contributed by atoms with Gasteiger partial charge in [-0.2, -0.15) is 0 Å². The molecule has 2 aliphatic rings. The van der Waals surface area contributed by atoms with Crippen LogP contribution >= 0.6 is 0 Å². The van der Waals surface area contributed by atoms with E-state index in [1.807, 2.05) is 30.3 Å². The third kappa shape index (κ3) is 5.21. The molecule has 1 fully saturated rings. The summed E-state index contributed by atoms with van der Waals surface area (Å²) < 4.78 is 16.5. The molecule has 2 heterocycles. The van der Waals surface area contributed by atoms with Crippen LogP contribution < -0.4 is 19.5 Å². The van der Waals surface area contributed by atoms with E-state index in [9.17, 15) is 4.79 Å². The summed E-state index contributed by atoms with van der Waals surface area (Å²) >= 11 is 0. The van der Waals surface area contributed by atoms with E-state index in [0.717, 1.165) is 56.1 Å². The normalized spacial score (nSPS) is 16.6. The minimum absolute atomic E-state index is 0.0558. The lowest BCUT2D eigenvalue weighted by Crippen LogP contribution is -2.38. The van der Waals surface area contributed by atoms with Gasteiger partial charge in [0.15, 0.2) is 11.5 Å². The number of rotatable bonds is 7. The van der Waals surface area contributed by atoms with Crippen molar-refractivity contribution in [3.63, 3.8) is 0 Å². The molecule has 0 saturated carbocycles. The van der Waals surface area contributed by atoms with E-state index in [4.69, 9.17) is 14.2 Å². The zero-order valence-corrected chi connectivity index (χ0v) is 16.9.